The lowest BCUT2D eigenvalue weighted by molar-refractivity contribution is -0.144. The third-order valence-corrected chi connectivity index (χ3v) is 7.47. The van der Waals surface area contributed by atoms with Crippen molar-refractivity contribution in [1.29, 1.82) is 0 Å². The molecule has 2 aliphatic rings. The summed E-state index contributed by atoms with van der Waals surface area (Å²) in [5, 5.41) is 16.7. The number of anilines is 2. The molecule has 2 fully saturated rings. The van der Waals surface area contributed by atoms with Crippen LogP contribution in [0.4, 0.5) is 16.2 Å². The predicted octanol–water partition coefficient (Wildman–Crippen LogP) is 0.253. The number of nitrogens with zero attached hydrogens (tertiary/aromatic N) is 4. The average Bonchev–Trinajstić information content (AvgIpc) is 3.00. The maximum absolute atomic E-state index is 15.9. The first-order valence-electron chi connectivity index (χ1n) is 9.94. The average molecular weight is 489 g/mol. The number of rotatable bonds is 8. The first-order valence-corrected chi connectivity index (χ1v) is 12.5. The van der Waals surface area contributed by atoms with Gasteiger partial charge in [-0.1, -0.05) is 11.8 Å². The van der Waals surface area contributed by atoms with Crippen molar-refractivity contribution in [1.82, 2.24) is 24.6 Å². The fraction of sp³-hybridized carbons (Fsp3) is 0.647. The number of esters is 1. The molecule has 5 N–H and O–H groups in total. The lowest BCUT2D eigenvalue weighted by atomic mass is 9.97. The van der Waals surface area contributed by atoms with Crippen LogP contribution >= 0.6 is 7.07 Å². The van der Waals surface area contributed by atoms with Crippen LogP contribution in [0.5, 0.6) is 0 Å². The Labute approximate surface area is 188 Å². The number of halogens is 1. The van der Waals surface area contributed by atoms with E-state index in [1.807, 2.05) is 0 Å². The number of hydrogen-bond acceptors (Lipinski definition) is 11. The molecule has 2 aromatic rings. The van der Waals surface area contributed by atoms with E-state index in [1.54, 1.807) is 20.9 Å². The summed E-state index contributed by atoms with van der Waals surface area (Å²) >= 11 is 5.27. The van der Waals surface area contributed by atoms with Gasteiger partial charge in [0.2, 0.25) is 5.95 Å². The number of nitrogens with one attached hydrogen (secondary N) is 2. The van der Waals surface area contributed by atoms with Crippen LogP contribution in [-0.4, -0.2) is 73.8 Å². The maximum Gasteiger partial charge on any atom is 0.323 e. The first kappa shape index (κ1) is 23.2. The van der Waals surface area contributed by atoms with Crippen molar-refractivity contribution in [3.05, 3.63) is 6.33 Å². The highest BCUT2D eigenvalue weighted by molar-refractivity contribution is 8.02. The van der Waals surface area contributed by atoms with Gasteiger partial charge in [-0.05, 0) is 20.8 Å². The summed E-state index contributed by atoms with van der Waals surface area (Å²) in [6.07, 6.45) is -1.81. The molecule has 4 rings (SSSR count). The smallest absolute Gasteiger partial charge is 0.323 e. The SMILES string of the molecule is CCOC(=O)[C@H](C)N[PH](=S)OC1[C@H]2O[C@@H](n3cnc4c(NC)nc(N)nc43)[C@](C)(F)[C@@]12O. The minimum Gasteiger partial charge on any atom is -0.465 e. The van der Waals surface area contributed by atoms with Crippen LogP contribution in [0.1, 0.15) is 27.0 Å². The van der Waals surface area contributed by atoms with Gasteiger partial charge in [0.05, 0.1) is 12.9 Å². The summed E-state index contributed by atoms with van der Waals surface area (Å²) in [4.78, 5) is 24.2. The van der Waals surface area contributed by atoms with E-state index >= 15 is 4.39 Å². The van der Waals surface area contributed by atoms with Crippen LogP contribution in [0.3, 0.4) is 0 Å². The normalized spacial score (nSPS) is 33.0. The zero-order chi connectivity index (χ0) is 23.4. The largest absolute Gasteiger partial charge is 0.465 e. The Bertz CT molecular complexity index is 1090. The van der Waals surface area contributed by atoms with E-state index in [9.17, 15) is 9.90 Å². The van der Waals surface area contributed by atoms with E-state index in [0.717, 1.165) is 0 Å². The molecule has 1 saturated carbocycles. The Balaban J connectivity index is 1.51. The van der Waals surface area contributed by atoms with Crippen LogP contribution in [-0.2, 0) is 30.6 Å². The van der Waals surface area contributed by atoms with Gasteiger partial charge in [0.15, 0.2) is 34.5 Å². The number of alkyl halides is 1. The third-order valence-electron chi connectivity index (χ3n) is 5.69. The summed E-state index contributed by atoms with van der Waals surface area (Å²) in [5.74, 6) is -0.110. The molecule has 2 unspecified atom stereocenters. The number of carbonyl (C=O) groups is 1. The van der Waals surface area contributed by atoms with E-state index in [-0.39, 0.29) is 18.2 Å². The van der Waals surface area contributed by atoms with Crippen molar-refractivity contribution < 1.29 is 28.3 Å². The standard InChI is InChI=1S/C17H25FN7O5PS/c1-5-28-13(26)7(2)24-31(32)30-10-9-17(10,27)16(3,18)14(29-9)25-6-21-8-11(20-4)22-15(19)23-12(8)25/h6-7,9-10,14,27,31H,5H2,1-4H3,(H,24,32)(H3,19,20,22,23)/t7-,9+,10?,14+,16-,17-/m0/s1. The van der Waals surface area contributed by atoms with E-state index in [4.69, 9.17) is 31.5 Å². The lowest BCUT2D eigenvalue weighted by Gasteiger charge is -2.31. The van der Waals surface area contributed by atoms with Crippen LogP contribution in [0.25, 0.3) is 11.2 Å². The molecule has 12 nitrogen and oxygen atoms in total. The van der Waals surface area contributed by atoms with Crippen molar-refractivity contribution in [2.24, 2.45) is 0 Å². The quantitative estimate of drug-likeness (QED) is 0.296. The topological polar surface area (TPSA) is 159 Å². The molecule has 0 amide bonds. The highest BCUT2D eigenvalue weighted by Crippen LogP contribution is 2.64. The zero-order valence-corrected chi connectivity index (χ0v) is 19.6. The molecule has 15 heteroatoms. The van der Waals surface area contributed by atoms with Gasteiger partial charge in [-0.15, -0.1) is 0 Å². The van der Waals surface area contributed by atoms with Gasteiger partial charge in [0, 0.05) is 7.05 Å². The number of nitrogens with two attached hydrogens (primary N) is 1. The Morgan fingerprint density at radius 2 is 2.28 bits per heavy atom. The number of fused-ring (bicyclic) bond motifs is 2. The van der Waals surface area contributed by atoms with Gasteiger partial charge in [0.1, 0.15) is 25.3 Å². The minimum atomic E-state index is -2.26. The Kier molecular flexibility index (Phi) is 5.89. The van der Waals surface area contributed by atoms with Crippen molar-refractivity contribution >= 4 is 47.8 Å². The van der Waals surface area contributed by atoms with E-state index in [2.05, 4.69) is 25.4 Å². The molecule has 32 heavy (non-hydrogen) atoms. The summed E-state index contributed by atoms with van der Waals surface area (Å²) in [6, 6.07) is -0.691. The molecule has 2 aromatic heterocycles. The molecule has 1 saturated heterocycles. The number of hydrogen-bond donors (Lipinski definition) is 4. The zero-order valence-electron chi connectivity index (χ0n) is 17.8. The molecule has 0 spiro atoms. The van der Waals surface area contributed by atoms with Crippen molar-refractivity contribution in [2.75, 3.05) is 24.7 Å². The predicted molar refractivity (Wildman–Crippen MR) is 117 cm³/mol. The number of imidazole rings is 1. The van der Waals surface area contributed by atoms with Gasteiger partial charge in [-0.3, -0.25) is 14.4 Å². The first-order chi connectivity index (χ1) is 15.1. The Hall–Kier alpha value is -1.96. The van der Waals surface area contributed by atoms with Gasteiger partial charge in [-0.25, -0.2) is 9.37 Å². The molecule has 7 atom stereocenters. The van der Waals surface area contributed by atoms with E-state index in [1.165, 1.54) is 17.8 Å². The summed E-state index contributed by atoms with van der Waals surface area (Å²) < 4.78 is 33.7. The molecular weight excluding hydrogens is 464 g/mol. The van der Waals surface area contributed by atoms with Gasteiger partial charge >= 0.3 is 5.97 Å². The maximum atomic E-state index is 15.9. The fourth-order valence-electron chi connectivity index (χ4n) is 3.92. The molecular formula is C17H25FN7O5PS. The highest BCUT2D eigenvalue weighted by atomic mass is 32.4. The molecule has 0 bridgehead atoms. The molecule has 176 valence electrons. The second-order valence-electron chi connectivity index (χ2n) is 7.76. The van der Waals surface area contributed by atoms with Crippen molar-refractivity contribution in [2.45, 2.75) is 56.5 Å². The van der Waals surface area contributed by atoms with Crippen LogP contribution in [0.15, 0.2) is 6.33 Å². The number of aromatic nitrogens is 4. The number of ether oxygens (including phenoxy) is 2. The second kappa shape index (κ2) is 8.12. The molecule has 0 aromatic carbocycles. The summed E-state index contributed by atoms with van der Waals surface area (Å²) in [6.45, 7) is 4.74. The van der Waals surface area contributed by atoms with Crippen LogP contribution < -0.4 is 16.1 Å². The summed E-state index contributed by atoms with van der Waals surface area (Å²) in [5.41, 5.74) is 2.21. The molecule has 1 aliphatic heterocycles. The lowest BCUT2D eigenvalue weighted by Crippen LogP contribution is -2.45. The highest BCUT2D eigenvalue weighted by Gasteiger charge is 2.84. The second-order valence-corrected chi connectivity index (χ2v) is 9.97. The van der Waals surface area contributed by atoms with E-state index in [0.29, 0.717) is 11.3 Å². The van der Waals surface area contributed by atoms with Crippen LogP contribution in [0.2, 0.25) is 0 Å². The minimum absolute atomic E-state index is 0.0209. The molecule has 1 aliphatic carbocycles. The molecule has 3 heterocycles. The van der Waals surface area contributed by atoms with Gasteiger partial charge in [-0.2, -0.15) is 9.97 Å². The van der Waals surface area contributed by atoms with Gasteiger partial charge in [0.25, 0.3) is 0 Å². The van der Waals surface area contributed by atoms with Crippen molar-refractivity contribution in [3.8, 4) is 0 Å². The number of nitrogen functional groups attached to an aromatic ring is 1. The monoisotopic (exact) mass is 489 g/mol. The fourth-order valence-corrected chi connectivity index (χ4v) is 5.83. The Morgan fingerprint density at radius 1 is 1.56 bits per heavy atom. The number of aliphatic hydroxyl groups is 1. The molecule has 0 radical (unpaired) electrons. The van der Waals surface area contributed by atoms with E-state index < -0.39 is 48.8 Å². The summed E-state index contributed by atoms with van der Waals surface area (Å²) in [7, 11) is -0.526. The number of carbonyl (C=O) groups excluding carboxylic acids is 1. The third kappa shape index (κ3) is 3.45. The van der Waals surface area contributed by atoms with Gasteiger partial charge < -0.3 is 30.2 Å². The van der Waals surface area contributed by atoms with Crippen LogP contribution in [0, 0.1) is 0 Å². The van der Waals surface area contributed by atoms with Crippen molar-refractivity contribution in [3.63, 3.8) is 0 Å². The Morgan fingerprint density at radius 3 is 2.88 bits per heavy atom.